The zero-order valence-corrected chi connectivity index (χ0v) is 11.2. The van der Waals surface area contributed by atoms with Crippen molar-refractivity contribution >= 4 is 33.2 Å². The predicted octanol–water partition coefficient (Wildman–Crippen LogP) is 3.29. The van der Waals surface area contributed by atoms with Crippen molar-refractivity contribution in [3.05, 3.63) is 22.4 Å². The topological polar surface area (TPSA) is 29.1 Å². The van der Waals surface area contributed by atoms with E-state index in [-0.39, 0.29) is 5.91 Å². The molecule has 0 saturated carbocycles. The third kappa shape index (κ3) is 4.80. The van der Waals surface area contributed by atoms with Crippen LogP contribution in [0.4, 0.5) is 0 Å². The highest BCUT2D eigenvalue weighted by Crippen LogP contribution is 2.08. The molecule has 0 aromatic carbocycles. The van der Waals surface area contributed by atoms with Crippen LogP contribution in [0, 0.1) is 5.92 Å². The van der Waals surface area contributed by atoms with E-state index in [0.717, 1.165) is 30.3 Å². The van der Waals surface area contributed by atoms with Crippen LogP contribution in [0.25, 0.3) is 0 Å². The van der Waals surface area contributed by atoms with Crippen molar-refractivity contribution in [3.63, 3.8) is 0 Å². The van der Waals surface area contributed by atoms with Crippen LogP contribution in [0.15, 0.2) is 16.8 Å². The molecule has 0 aliphatic carbocycles. The van der Waals surface area contributed by atoms with Crippen LogP contribution in [-0.4, -0.2) is 17.8 Å². The van der Waals surface area contributed by atoms with Gasteiger partial charge in [-0.05, 0) is 30.2 Å². The zero-order chi connectivity index (χ0) is 11.1. The Labute approximate surface area is 103 Å². The summed E-state index contributed by atoms with van der Waals surface area (Å²) in [6, 6.07) is 1.85. The SMILES string of the molecule is CC(CBr)CCCNC(=O)c1ccsc1. The number of thiophene rings is 1. The van der Waals surface area contributed by atoms with E-state index in [1.807, 2.05) is 16.8 Å². The first-order valence-corrected chi connectivity index (χ1v) is 7.17. The zero-order valence-electron chi connectivity index (χ0n) is 8.83. The van der Waals surface area contributed by atoms with Gasteiger partial charge in [-0.2, -0.15) is 11.3 Å². The Morgan fingerprint density at radius 3 is 3.07 bits per heavy atom. The van der Waals surface area contributed by atoms with E-state index < -0.39 is 0 Å². The van der Waals surface area contributed by atoms with Crippen LogP contribution < -0.4 is 5.32 Å². The van der Waals surface area contributed by atoms with Gasteiger partial charge in [-0.15, -0.1) is 0 Å². The third-order valence-corrected chi connectivity index (χ3v) is 3.99. The minimum absolute atomic E-state index is 0.0442. The molecule has 15 heavy (non-hydrogen) atoms. The normalized spacial score (nSPS) is 12.4. The van der Waals surface area contributed by atoms with Gasteiger partial charge in [0.2, 0.25) is 0 Å². The molecule has 0 radical (unpaired) electrons. The molecule has 2 nitrogen and oxygen atoms in total. The van der Waals surface area contributed by atoms with Gasteiger partial charge in [0.1, 0.15) is 0 Å². The Balaban J connectivity index is 2.13. The summed E-state index contributed by atoms with van der Waals surface area (Å²) in [4.78, 5) is 11.5. The summed E-state index contributed by atoms with van der Waals surface area (Å²) in [6.07, 6.45) is 2.19. The highest BCUT2D eigenvalue weighted by Gasteiger charge is 2.04. The molecule has 0 aliphatic rings. The standard InChI is InChI=1S/C11H16BrNOS/c1-9(7-12)3-2-5-13-11(14)10-4-6-15-8-10/h4,6,8-9H,2-3,5,7H2,1H3,(H,13,14). The molecule has 1 aromatic rings. The van der Waals surface area contributed by atoms with Gasteiger partial charge in [-0.3, -0.25) is 4.79 Å². The van der Waals surface area contributed by atoms with Crippen molar-refractivity contribution in [1.82, 2.24) is 5.32 Å². The maximum atomic E-state index is 11.5. The lowest BCUT2D eigenvalue weighted by Crippen LogP contribution is -2.24. The Kier molecular flexibility index (Phi) is 5.95. The molecule has 0 saturated heterocycles. The summed E-state index contributed by atoms with van der Waals surface area (Å²) in [5.41, 5.74) is 0.772. The first kappa shape index (κ1) is 12.7. The number of halogens is 1. The Bertz CT molecular complexity index is 287. The molecule has 1 aromatic heterocycles. The minimum Gasteiger partial charge on any atom is -0.352 e. The smallest absolute Gasteiger partial charge is 0.252 e. The number of alkyl halides is 1. The van der Waals surface area contributed by atoms with Crippen molar-refractivity contribution in [2.45, 2.75) is 19.8 Å². The van der Waals surface area contributed by atoms with Gasteiger partial charge in [0.05, 0.1) is 0 Å². The van der Waals surface area contributed by atoms with Crippen molar-refractivity contribution in [3.8, 4) is 0 Å². The Morgan fingerprint density at radius 2 is 2.47 bits per heavy atom. The molecule has 0 bridgehead atoms. The average Bonchev–Trinajstić information content (AvgIpc) is 2.77. The summed E-state index contributed by atoms with van der Waals surface area (Å²) in [7, 11) is 0. The molecule has 1 rings (SSSR count). The van der Waals surface area contributed by atoms with Gasteiger partial charge in [0, 0.05) is 22.8 Å². The molecular formula is C11H16BrNOS. The van der Waals surface area contributed by atoms with Crippen LogP contribution in [-0.2, 0) is 0 Å². The lowest BCUT2D eigenvalue weighted by Gasteiger charge is -2.07. The summed E-state index contributed by atoms with van der Waals surface area (Å²) in [6.45, 7) is 2.97. The Hall–Kier alpha value is -0.350. The lowest BCUT2D eigenvalue weighted by molar-refractivity contribution is 0.0953. The number of carbonyl (C=O) groups excluding carboxylic acids is 1. The van der Waals surface area contributed by atoms with Crippen molar-refractivity contribution in [1.29, 1.82) is 0 Å². The average molecular weight is 290 g/mol. The first-order chi connectivity index (χ1) is 7.24. The summed E-state index contributed by atoms with van der Waals surface area (Å²) in [5, 5.41) is 7.74. The molecule has 1 amide bonds. The fourth-order valence-electron chi connectivity index (χ4n) is 1.23. The Morgan fingerprint density at radius 1 is 1.67 bits per heavy atom. The van der Waals surface area contributed by atoms with Crippen LogP contribution in [0.2, 0.25) is 0 Å². The predicted molar refractivity (Wildman–Crippen MR) is 68.8 cm³/mol. The van der Waals surface area contributed by atoms with Gasteiger partial charge in [0.25, 0.3) is 5.91 Å². The van der Waals surface area contributed by atoms with Crippen molar-refractivity contribution < 1.29 is 4.79 Å². The lowest BCUT2D eigenvalue weighted by atomic mass is 10.1. The number of carbonyl (C=O) groups is 1. The highest BCUT2D eigenvalue weighted by atomic mass is 79.9. The van der Waals surface area contributed by atoms with E-state index in [9.17, 15) is 4.79 Å². The van der Waals surface area contributed by atoms with E-state index in [0.29, 0.717) is 5.92 Å². The van der Waals surface area contributed by atoms with E-state index in [2.05, 4.69) is 28.2 Å². The van der Waals surface area contributed by atoms with E-state index in [1.54, 1.807) is 11.3 Å². The second kappa shape index (κ2) is 7.01. The first-order valence-electron chi connectivity index (χ1n) is 5.10. The van der Waals surface area contributed by atoms with Gasteiger partial charge in [-0.25, -0.2) is 0 Å². The summed E-state index contributed by atoms with van der Waals surface area (Å²) in [5.74, 6) is 0.728. The van der Waals surface area contributed by atoms with Crippen molar-refractivity contribution in [2.75, 3.05) is 11.9 Å². The van der Waals surface area contributed by atoms with Gasteiger partial charge >= 0.3 is 0 Å². The largest absolute Gasteiger partial charge is 0.352 e. The second-order valence-corrected chi connectivity index (χ2v) is 5.10. The fourth-order valence-corrected chi connectivity index (χ4v) is 2.19. The maximum Gasteiger partial charge on any atom is 0.252 e. The van der Waals surface area contributed by atoms with Crippen molar-refractivity contribution in [2.24, 2.45) is 5.92 Å². The molecule has 1 heterocycles. The minimum atomic E-state index is 0.0442. The number of hydrogen-bond donors (Lipinski definition) is 1. The molecule has 84 valence electrons. The van der Waals surface area contributed by atoms with E-state index >= 15 is 0 Å². The quantitative estimate of drug-likeness (QED) is 0.632. The van der Waals surface area contributed by atoms with Gasteiger partial charge in [0.15, 0.2) is 0 Å². The third-order valence-electron chi connectivity index (χ3n) is 2.21. The van der Waals surface area contributed by atoms with Crippen LogP contribution in [0.3, 0.4) is 0 Å². The van der Waals surface area contributed by atoms with Gasteiger partial charge in [-0.1, -0.05) is 22.9 Å². The molecular weight excluding hydrogens is 274 g/mol. The molecule has 1 N–H and O–H groups in total. The maximum absolute atomic E-state index is 11.5. The molecule has 0 aliphatic heterocycles. The molecule has 1 unspecified atom stereocenters. The second-order valence-electron chi connectivity index (χ2n) is 3.67. The number of nitrogens with one attached hydrogen (secondary N) is 1. The number of hydrogen-bond acceptors (Lipinski definition) is 2. The number of amides is 1. The molecule has 0 spiro atoms. The van der Waals surface area contributed by atoms with E-state index in [4.69, 9.17) is 0 Å². The van der Waals surface area contributed by atoms with Gasteiger partial charge < -0.3 is 5.32 Å². The molecule has 1 atom stereocenters. The summed E-state index contributed by atoms with van der Waals surface area (Å²) >= 11 is 4.99. The van der Waals surface area contributed by atoms with Crippen LogP contribution in [0.1, 0.15) is 30.1 Å². The van der Waals surface area contributed by atoms with Crippen LogP contribution in [0.5, 0.6) is 0 Å². The molecule has 0 fully saturated rings. The fraction of sp³-hybridized carbons (Fsp3) is 0.545. The van der Waals surface area contributed by atoms with Crippen LogP contribution >= 0.6 is 27.3 Å². The monoisotopic (exact) mass is 289 g/mol. The summed E-state index contributed by atoms with van der Waals surface area (Å²) < 4.78 is 0. The molecule has 4 heteroatoms. The highest BCUT2D eigenvalue weighted by molar-refractivity contribution is 9.09. The van der Waals surface area contributed by atoms with E-state index in [1.165, 1.54) is 0 Å². The number of rotatable bonds is 6.